The van der Waals surface area contributed by atoms with Crippen LogP contribution in [0, 0.1) is 0 Å². The van der Waals surface area contributed by atoms with Crippen LogP contribution in [0.15, 0.2) is 0 Å². The number of alkyl carbamates (subject to hydrolysis) is 1. The monoisotopic (exact) mass is 285 g/mol. The number of carbonyl (C=O) groups is 2. The van der Waals surface area contributed by atoms with Crippen LogP contribution in [0.3, 0.4) is 0 Å². The van der Waals surface area contributed by atoms with E-state index in [4.69, 9.17) is 4.74 Å². The Labute approximate surface area is 121 Å². The van der Waals surface area contributed by atoms with Gasteiger partial charge in [-0.3, -0.25) is 9.69 Å². The summed E-state index contributed by atoms with van der Waals surface area (Å²) in [5.74, 6) is -0.00885. The lowest BCUT2D eigenvalue weighted by Gasteiger charge is -2.33. The topological polar surface area (TPSA) is 70.7 Å². The summed E-state index contributed by atoms with van der Waals surface area (Å²) >= 11 is 0. The minimum absolute atomic E-state index is 0.00885. The first kappa shape index (κ1) is 16.8. The number of hydrogen-bond acceptors (Lipinski definition) is 4. The van der Waals surface area contributed by atoms with Gasteiger partial charge in [-0.2, -0.15) is 0 Å². The molecule has 116 valence electrons. The summed E-state index contributed by atoms with van der Waals surface area (Å²) in [4.78, 5) is 24.8. The van der Waals surface area contributed by atoms with Gasteiger partial charge in [-0.1, -0.05) is 0 Å². The lowest BCUT2D eigenvalue weighted by Crippen LogP contribution is -2.50. The maximum absolute atomic E-state index is 11.7. The van der Waals surface area contributed by atoms with E-state index in [9.17, 15) is 9.59 Å². The molecule has 1 saturated heterocycles. The quantitative estimate of drug-likeness (QED) is 0.812. The molecule has 0 aromatic carbocycles. The van der Waals surface area contributed by atoms with Crippen molar-refractivity contribution in [3.8, 4) is 0 Å². The van der Waals surface area contributed by atoms with Gasteiger partial charge < -0.3 is 15.4 Å². The van der Waals surface area contributed by atoms with E-state index in [0.717, 1.165) is 32.5 Å². The standard InChI is InChI=1S/C14H27N3O3/c1-11(18)15-7-9-17-8-5-6-12(10-17)16-13(19)20-14(2,3)4/h12H,5-10H2,1-4H3,(H,15,18)(H,16,19). The van der Waals surface area contributed by atoms with Crippen molar-refractivity contribution in [3.63, 3.8) is 0 Å². The molecule has 1 unspecified atom stereocenters. The molecule has 0 bridgehead atoms. The fourth-order valence-corrected chi connectivity index (χ4v) is 2.24. The Bertz CT molecular complexity index is 339. The number of rotatable bonds is 4. The van der Waals surface area contributed by atoms with Gasteiger partial charge >= 0.3 is 6.09 Å². The van der Waals surface area contributed by atoms with Crippen molar-refractivity contribution in [3.05, 3.63) is 0 Å². The number of piperidine rings is 1. The number of carbonyl (C=O) groups excluding carboxylic acids is 2. The molecule has 1 fully saturated rings. The fourth-order valence-electron chi connectivity index (χ4n) is 2.24. The number of hydrogen-bond donors (Lipinski definition) is 2. The number of nitrogens with zero attached hydrogens (tertiary/aromatic N) is 1. The van der Waals surface area contributed by atoms with Gasteiger partial charge in [0.2, 0.25) is 5.91 Å². The Balaban J connectivity index is 2.30. The molecule has 6 nitrogen and oxygen atoms in total. The van der Waals surface area contributed by atoms with Gasteiger partial charge in [-0.25, -0.2) is 4.79 Å². The van der Waals surface area contributed by atoms with Gasteiger partial charge in [0.15, 0.2) is 0 Å². The fraction of sp³-hybridized carbons (Fsp3) is 0.857. The van der Waals surface area contributed by atoms with Crippen molar-refractivity contribution >= 4 is 12.0 Å². The Kier molecular flexibility index (Phi) is 6.26. The predicted molar refractivity (Wildman–Crippen MR) is 77.5 cm³/mol. The van der Waals surface area contributed by atoms with E-state index in [1.165, 1.54) is 6.92 Å². The van der Waals surface area contributed by atoms with Crippen LogP contribution < -0.4 is 10.6 Å². The van der Waals surface area contributed by atoms with E-state index < -0.39 is 5.60 Å². The van der Waals surface area contributed by atoms with Crippen LogP contribution in [0.5, 0.6) is 0 Å². The highest BCUT2D eigenvalue weighted by molar-refractivity contribution is 5.72. The zero-order valence-electron chi connectivity index (χ0n) is 13.0. The van der Waals surface area contributed by atoms with E-state index in [1.54, 1.807) is 0 Å². The Morgan fingerprint density at radius 1 is 1.35 bits per heavy atom. The number of ether oxygens (including phenoxy) is 1. The van der Waals surface area contributed by atoms with Crippen molar-refractivity contribution in [2.45, 2.75) is 52.2 Å². The molecule has 1 rings (SSSR count). The Morgan fingerprint density at radius 3 is 2.65 bits per heavy atom. The van der Waals surface area contributed by atoms with Gasteiger partial charge in [-0.05, 0) is 40.2 Å². The summed E-state index contributed by atoms with van der Waals surface area (Å²) in [6.07, 6.45) is 1.65. The molecule has 0 radical (unpaired) electrons. The average Bonchev–Trinajstić information content (AvgIpc) is 2.26. The van der Waals surface area contributed by atoms with Crippen molar-refractivity contribution in [2.24, 2.45) is 0 Å². The lowest BCUT2D eigenvalue weighted by atomic mass is 10.1. The zero-order chi connectivity index (χ0) is 15.2. The molecule has 6 heteroatoms. The maximum Gasteiger partial charge on any atom is 0.407 e. The smallest absolute Gasteiger partial charge is 0.407 e. The summed E-state index contributed by atoms with van der Waals surface area (Å²) in [6, 6.07) is 0.121. The minimum atomic E-state index is -0.468. The summed E-state index contributed by atoms with van der Waals surface area (Å²) in [7, 11) is 0. The molecule has 0 saturated carbocycles. The highest BCUT2D eigenvalue weighted by atomic mass is 16.6. The highest BCUT2D eigenvalue weighted by Crippen LogP contribution is 2.11. The third kappa shape index (κ3) is 7.33. The molecule has 0 aromatic rings. The maximum atomic E-state index is 11.7. The van der Waals surface area contributed by atoms with Crippen molar-refractivity contribution in [1.82, 2.24) is 15.5 Å². The number of amides is 2. The second kappa shape index (κ2) is 7.47. The zero-order valence-corrected chi connectivity index (χ0v) is 13.0. The number of nitrogens with one attached hydrogen (secondary N) is 2. The van der Waals surface area contributed by atoms with Crippen molar-refractivity contribution in [2.75, 3.05) is 26.2 Å². The molecule has 1 aliphatic rings. The van der Waals surface area contributed by atoms with Gasteiger partial charge in [0.25, 0.3) is 0 Å². The molecule has 1 heterocycles. The van der Waals surface area contributed by atoms with E-state index in [2.05, 4.69) is 15.5 Å². The van der Waals surface area contributed by atoms with Crippen LogP contribution in [-0.2, 0) is 9.53 Å². The predicted octanol–water partition coefficient (Wildman–Crippen LogP) is 1.11. The van der Waals surface area contributed by atoms with Gasteiger partial charge in [0, 0.05) is 32.6 Å². The Hall–Kier alpha value is -1.30. The first-order valence-electron chi connectivity index (χ1n) is 7.22. The van der Waals surface area contributed by atoms with Crippen LogP contribution in [0.4, 0.5) is 4.79 Å². The van der Waals surface area contributed by atoms with Gasteiger partial charge in [0.05, 0.1) is 0 Å². The normalized spacial score (nSPS) is 20.3. The molecule has 1 atom stereocenters. The molecule has 20 heavy (non-hydrogen) atoms. The van der Waals surface area contributed by atoms with E-state index >= 15 is 0 Å². The first-order chi connectivity index (χ1) is 9.26. The van der Waals surface area contributed by atoms with Gasteiger partial charge in [-0.15, -0.1) is 0 Å². The lowest BCUT2D eigenvalue weighted by molar-refractivity contribution is -0.119. The third-order valence-corrected chi connectivity index (χ3v) is 3.03. The molecular formula is C14H27N3O3. The van der Waals surface area contributed by atoms with Crippen LogP contribution >= 0.6 is 0 Å². The largest absolute Gasteiger partial charge is 0.444 e. The molecular weight excluding hydrogens is 258 g/mol. The first-order valence-corrected chi connectivity index (χ1v) is 7.22. The second-order valence-electron chi connectivity index (χ2n) is 6.27. The molecule has 2 amide bonds. The summed E-state index contributed by atoms with van der Waals surface area (Å²) in [5.41, 5.74) is -0.468. The second-order valence-corrected chi connectivity index (χ2v) is 6.27. The SMILES string of the molecule is CC(=O)NCCN1CCCC(NC(=O)OC(C)(C)C)C1. The van der Waals surface area contributed by atoms with Crippen LogP contribution in [0.1, 0.15) is 40.5 Å². The van der Waals surface area contributed by atoms with Crippen molar-refractivity contribution in [1.29, 1.82) is 0 Å². The summed E-state index contributed by atoms with van der Waals surface area (Å²) in [6.45, 7) is 10.3. The molecule has 0 aromatic heterocycles. The minimum Gasteiger partial charge on any atom is -0.444 e. The molecule has 0 spiro atoms. The van der Waals surface area contributed by atoms with E-state index in [1.807, 2.05) is 20.8 Å². The number of likely N-dealkylation sites (tertiary alicyclic amines) is 1. The molecule has 2 N–H and O–H groups in total. The van der Waals surface area contributed by atoms with E-state index in [-0.39, 0.29) is 18.0 Å². The van der Waals surface area contributed by atoms with Gasteiger partial charge in [0.1, 0.15) is 5.60 Å². The Morgan fingerprint density at radius 2 is 2.05 bits per heavy atom. The third-order valence-electron chi connectivity index (χ3n) is 3.03. The average molecular weight is 285 g/mol. The van der Waals surface area contributed by atoms with Crippen molar-refractivity contribution < 1.29 is 14.3 Å². The van der Waals surface area contributed by atoms with E-state index in [0.29, 0.717) is 6.54 Å². The molecule has 0 aliphatic carbocycles. The van der Waals surface area contributed by atoms with Crippen LogP contribution in [0.2, 0.25) is 0 Å². The molecule has 1 aliphatic heterocycles. The van der Waals surface area contributed by atoms with Crippen LogP contribution in [0.25, 0.3) is 0 Å². The highest BCUT2D eigenvalue weighted by Gasteiger charge is 2.23. The summed E-state index contributed by atoms with van der Waals surface area (Å²) < 4.78 is 5.26. The van der Waals surface area contributed by atoms with Crippen LogP contribution in [-0.4, -0.2) is 54.7 Å². The summed E-state index contributed by atoms with van der Waals surface area (Å²) in [5, 5.41) is 5.70.